The molecule has 2 amide bonds. The van der Waals surface area contributed by atoms with E-state index in [9.17, 15) is 22.8 Å². The van der Waals surface area contributed by atoms with E-state index in [1.807, 2.05) is 0 Å². The van der Waals surface area contributed by atoms with Crippen LogP contribution in [0.3, 0.4) is 0 Å². The molecule has 1 aromatic rings. The molecule has 1 saturated heterocycles. The van der Waals surface area contributed by atoms with E-state index >= 15 is 0 Å². The van der Waals surface area contributed by atoms with Crippen LogP contribution in [-0.4, -0.2) is 36.3 Å². The van der Waals surface area contributed by atoms with Crippen LogP contribution in [0.1, 0.15) is 23.5 Å². The Morgan fingerprint density at radius 1 is 1.27 bits per heavy atom. The van der Waals surface area contributed by atoms with E-state index in [1.54, 1.807) is 6.07 Å². The second-order valence-electron chi connectivity index (χ2n) is 5.64. The number of benzene rings is 1. The van der Waals surface area contributed by atoms with Crippen molar-refractivity contribution in [3.63, 3.8) is 0 Å². The fourth-order valence-electron chi connectivity index (χ4n) is 2.95. The van der Waals surface area contributed by atoms with Gasteiger partial charge in [0.05, 0.1) is 12.1 Å². The Bertz CT molecular complexity index is 615. The average molecular weight is 312 g/mol. The highest BCUT2D eigenvalue weighted by atomic mass is 19.4. The lowest BCUT2D eigenvalue weighted by molar-refractivity contribution is -0.140. The van der Waals surface area contributed by atoms with E-state index in [4.69, 9.17) is 0 Å². The lowest BCUT2D eigenvalue weighted by Gasteiger charge is -2.27. The summed E-state index contributed by atoms with van der Waals surface area (Å²) in [5.41, 5.74) is -0.499. The van der Waals surface area contributed by atoms with Crippen molar-refractivity contribution >= 4 is 11.8 Å². The van der Waals surface area contributed by atoms with Gasteiger partial charge >= 0.3 is 6.18 Å². The zero-order valence-corrected chi connectivity index (χ0v) is 11.7. The van der Waals surface area contributed by atoms with Gasteiger partial charge in [0.15, 0.2) is 0 Å². The molecule has 2 fully saturated rings. The molecule has 1 saturated carbocycles. The highest BCUT2D eigenvalue weighted by Crippen LogP contribution is 2.51. The number of nitrogens with zero attached hydrogens (tertiary/aromatic N) is 1. The van der Waals surface area contributed by atoms with E-state index < -0.39 is 23.6 Å². The molecule has 1 N–H and O–H groups in total. The molecular weight excluding hydrogens is 297 g/mol. The first-order chi connectivity index (χ1) is 10.4. The van der Waals surface area contributed by atoms with Gasteiger partial charge in [-0.3, -0.25) is 9.59 Å². The quantitative estimate of drug-likeness (QED) is 0.905. The predicted molar refractivity (Wildman–Crippen MR) is 71.9 cm³/mol. The third-order valence-corrected chi connectivity index (χ3v) is 4.12. The monoisotopic (exact) mass is 312 g/mol. The summed E-state index contributed by atoms with van der Waals surface area (Å²) in [5.74, 6) is -1.31. The van der Waals surface area contributed by atoms with Gasteiger partial charge in [0.25, 0.3) is 0 Å². The van der Waals surface area contributed by atoms with Crippen LogP contribution in [-0.2, 0) is 15.8 Å². The Kier molecular flexibility index (Phi) is 3.58. The molecule has 2 aliphatic rings. The Morgan fingerprint density at radius 2 is 2.00 bits per heavy atom. The Balaban J connectivity index is 1.75. The van der Waals surface area contributed by atoms with E-state index in [0.717, 1.165) is 6.07 Å². The molecule has 3 rings (SSSR count). The first-order valence-electron chi connectivity index (χ1n) is 7.09. The minimum Gasteiger partial charge on any atom is -0.353 e. The van der Waals surface area contributed by atoms with Gasteiger partial charge in [0.1, 0.15) is 0 Å². The maximum atomic E-state index is 13.0. The molecule has 1 aliphatic carbocycles. The summed E-state index contributed by atoms with van der Waals surface area (Å²) < 4.78 is 39.1. The SMILES string of the molecule is O=C1CN(C(=O)[C@H]2C[C@H]2c2ccccc2C(F)(F)F)CCN1. The number of hydrogen-bond donors (Lipinski definition) is 1. The van der Waals surface area contributed by atoms with Crippen LogP contribution in [0, 0.1) is 5.92 Å². The lowest BCUT2D eigenvalue weighted by Crippen LogP contribution is -2.50. The molecule has 4 nitrogen and oxygen atoms in total. The van der Waals surface area contributed by atoms with Crippen LogP contribution in [0.25, 0.3) is 0 Å². The highest BCUT2D eigenvalue weighted by Gasteiger charge is 2.49. The number of rotatable bonds is 2. The van der Waals surface area contributed by atoms with Crippen molar-refractivity contribution in [2.45, 2.75) is 18.5 Å². The number of amides is 2. The van der Waals surface area contributed by atoms with Crippen molar-refractivity contribution in [1.29, 1.82) is 0 Å². The summed E-state index contributed by atoms with van der Waals surface area (Å²) >= 11 is 0. The van der Waals surface area contributed by atoms with Crippen LogP contribution < -0.4 is 5.32 Å². The second kappa shape index (κ2) is 5.30. The molecule has 0 unspecified atom stereocenters. The van der Waals surface area contributed by atoms with Crippen LogP contribution in [0.4, 0.5) is 13.2 Å². The van der Waals surface area contributed by atoms with E-state index in [1.165, 1.54) is 17.0 Å². The number of halogens is 3. The zero-order valence-electron chi connectivity index (χ0n) is 11.7. The van der Waals surface area contributed by atoms with Gasteiger partial charge in [0, 0.05) is 19.0 Å². The normalized spacial score (nSPS) is 24.9. The standard InChI is InChI=1S/C15H15F3N2O2/c16-15(17,18)12-4-2-1-3-9(12)10-7-11(10)14(22)20-6-5-19-13(21)8-20/h1-4,10-11H,5-8H2,(H,19,21)/t10-,11-/m0/s1. The maximum absolute atomic E-state index is 13.0. The molecule has 1 aromatic carbocycles. The Morgan fingerprint density at radius 3 is 2.68 bits per heavy atom. The molecule has 0 bridgehead atoms. The van der Waals surface area contributed by atoms with Gasteiger partial charge in [0.2, 0.25) is 11.8 Å². The fraction of sp³-hybridized carbons (Fsp3) is 0.467. The zero-order chi connectivity index (χ0) is 15.9. The third-order valence-electron chi connectivity index (χ3n) is 4.12. The average Bonchev–Trinajstić information content (AvgIpc) is 3.26. The molecule has 1 aliphatic heterocycles. The number of alkyl halides is 3. The molecule has 0 spiro atoms. The van der Waals surface area contributed by atoms with E-state index in [-0.39, 0.29) is 23.9 Å². The number of hydrogen-bond acceptors (Lipinski definition) is 2. The first-order valence-corrected chi connectivity index (χ1v) is 7.09. The van der Waals surface area contributed by atoms with Gasteiger partial charge in [-0.05, 0) is 24.0 Å². The summed E-state index contributed by atoms with van der Waals surface area (Å²) in [6.45, 7) is 0.790. The van der Waals surface area contributed by atoms with Crippen LogP contribution >= 0.6 is 0 Å². The molecular formula is C15H15F3N2O2. The number of carbonyl (C=O) groups excluding carboxylic acids is 2. The van der Waals surface area contributed by atoms with Crippen LogP contribution in [0.15, 0.2) is 24.3 Å². The summed E-state index contributed by atoms with van der Waals surface area (Å²) in [7, 11) is 0. The predicted octanol–water partition coefficient (Wildman–Crippen LogP) is 1.77. The molecule has 0 aromatic heterocycles. The summed E-state index contributed by atoms with van der Waals surface area (Å²) in [4.78, 5) is 25.0. The lowest BCUT2D eigenvalue weighted by atomic mass is 10.0. The highest BCUT2D eigenvalue weighted by molar-refractivity contribution is 5.89. The van der Waals surface area contributed by atoms with Crippen molar-refractivity contribution in [3.05, 3.63) is 35.4 Å². The minimum absolute atomic E-state index is 0.0109. The van der Waals surface area contributed by atoms with Crippen molar-refractivity contribution in [2.24, 2.45) is 5.92 Å². The molecule has 2 atom stereocenters. The summed E-state index contributed by atoms with van der Waals surface area (Å²) in [5, 5.41) is 2.62. The third kappa shape index (κ3) is 2.80. The van der Waals surface area contributed by atoms with Crippen molar-refractivity contribution in [2.75, 3.05) is 19.6 Å². The van der Waals surface area contributed by atoms with Crippen LogP contribution in [0.5, 0.6) is 0 Å². The summed E-state index contributed by atoms with van der Waals surface area (Å²) in [6, 6.07) is 5.38. The molecule has 0 radical (unpaired) electrons. The van der Waals surface area contributed by atoms with Gasteiger partial charge in [-0.2, -0.15) is 13.2 Å². The van der Waals surface area contributed by atoms with Gasteiger partial charge in [-0.15, -0.1) is 0 Å². The topological polar surface area (TPSA) is 49.4 Å². The number of nitrogens with one attached hydrogen (secondary N) is 1. The number of piperazine rings is 1. The van der Waals surface area contributed by atoms with Crippen molar-refractivity contribution in [3.8, 4) is 0 Å². The van der Waals surface area contributed by atoms with Crippen molar-refractivity contribution in [1.82, 2.24) is 10.2 Å². The molecule has 22 heavy (non-hydrogen) atoms. The molecule has 1 heterocycles. The summed E-state index contributed by atoms with van der Waals surface area (Å²) in [6.07, 6.45) is -4.01. The maximum Gasteiger partial charge on any atom is 0.416 e. The van der Waals surface area contributed by atoms with Gasteiger partial charge in [-0.1, -0.05) is 18.2 Å². The molecule has 118 valence electrons. The minimum atomic E-state index is -4.42. The number of carbonyl (C=O) groups is 2. The second-order valence-corrected chi connectivity index (χ2v) is 5.64. The van der Waals surface area contributed by atoms with Crippen LogP contribution in [0.2, 0.25) is 0 Å². The van der Waals surface area contributed by atoms with E-state index in [2.05, 4.69) is 5.32 Å². The van der Waals surface area contributed by atoms with Gasteiger partial charge in [-0.25, -0.2) is 0 Å². The Hall–Kier alpha value is -2.05. The fourth-order valence-corrected chi connectivity index (χ4v) is 2.95. The Labute approximate surface area is 125 Å². The smallest absolute Gasteiger partial charge is 0.353 e. The molecule has 7 heteroatoms. The first kappa shape index (κ1) is 14.9. The van der Waals surface area contributed by atoms with Crippen molar-refractivity contribution < 1.29 is 22.8 Å². The van der Waals surface area contributed by atoms with Gasteiger partial charge < -0.3 is 10.2 Å². The van der Waals surface area contributed by atoms with E-state index in [0.29, 0.717) is 19.5 Å². The largest absolute Gasteiger partial charge is 0.416 e.